The molecule has 0 aromatic heterocycles. The summed E-state index contributed by atoms with van der Waals surface area (Å²) >= 11 is 0. The maximum absolute atomic E-state index is 11.8. The van der Waals surface area contributed by atoms with E-state index in [1.807, 2.05) is 6.92 Å². The van der Waals surface area contributed by atoms with Crippen LogP contribution in [0.5, 0.6) is 0 Å². The largest absolute Gasteiger partial charge is 0.466 e. The SMILES string of the molecule is CCOC(=O)C[C@H]1[C@H]2CCCC[C@@H]2C[C@H]1C(C)=O. The molecule has 2 aliphatic rings. The molecule has 0 N–H and O–H groups in total. The van der Waals surface area contributed by atoms with Gasteiger partial charge in [-0.1, -0.05) is 19.3 Å². The first-order valence-electron chi connectivity index (χ1n) is 7.29. The molecule has 0 unspecified atom stereocenters. The van der Waals surface area contributed by atoms with E-state index in [0.717, 1.165) is 6.42 Å². The Hall–Kier alpha value is -0.860. The summed E-state index contributed by atoms with van der Waals surface area (Å²) in [6.07, 6.45) is 6.43. The van der Waals surface area contributed by atoms with E-state index in [0.29, 0.717) is 24.9 Å². The lowest BCUT2D eigenvalue weighted by Gasteiger charge is -2.29. The molecule has 3 heteroatoms. The second-order valence-corrected chi connectivity index (χ2v) is 5.83. The number of Topliss-reactive ketones (excluding diaryl/α,β-unsaturated/α-hetero) is 1. The lowest BCUT2D eigenvalue weighted by Crippen LogP contribution is -2.26. The summed E-state index contributed by atoms with van der Waals surface area (Å²) < 4.78 is 5.06. The molecule has 0 saturated heterocycles. The third-order valence-electron chi connectivity index (χ3n) is 4.82. The lowest BCUT2D eigenvalue weighted by atomic mass is 9.76. The molecule has 3 nitrogen and oxygen atoms in total. The zero-order valence-corrected chi connectivity index (χ0v) is 11.5. The van der Waals surface area contributed by atoms with Crippen LogP contribution in [0.3, 0.4) is 0 Å². The molecule has 0 spiro atoms. The van der Waals surface area contributed by atoms with E-state index in [1.54, 1.807) is 6.92 Å². The Balaban J connectivity index is 2.06. The standard InChI is InChI=1S/C15H24O3/c1-3-18-15(17)9-14-12-7-5-4-6-11(12)8-13(14)10(2)16/h11-14H,3-9H2,1-2H3/t11-,12+,13+,14+/m1/s1. The Morgan fingerprint density at radius 2 is 1.94 bits per heavy atom. The Labute approximate surface area is 109 Å². The summed E-state index contributed by atoms with van der Waals surface area (Å²) in [7, 11) is 0. The molecule has 0 radical (unpaired) electrons. The Kier molecular flexibility index (Phi) is 4.41. The van der Waals surface area contributed by atoms with Gasteiger partial charge in [0.05, 0.1) is 6.61 Å². The van der Waals surface area contributed by atoms with Crippen molar-refractivity contribution in [3.63, 3.8) is 0 Å². The number of hydrogen-bond donors (Lipinski definition) is 0. The molecular weight excluding hydrogens is 228 g/mol. The first-order valence-corrected chi connectivity index (χ1v) is 7.29. The Bertz CT molecular complexity index is 324. The highest BCUT2D eigenvalue weighted by atomic mass is 16.5. The number of esters is 1. The fourth-order valence-corrected chi connectivity index (χ4v) is 4.07. The van der Waals surface area contributed by atoms with Crippen LogP contribution in [0.25, 0.3) is 0 Å². The predicted octanol–water partition coefficient (Wildman–Crippen LogP) is 2.97. The first-order chi connectivity index (χ1) is 8.63. The van der Waals surface area contributed by atoms with Gasteiger partial charge < -0.3 is 4.74 Å². The quantitative estimate of drug-likeness (QED) is 0.722. The fraction of sp³-hybridized carbons (Fsp3) is 0.867. The number of rotatable bonds is 4. The molecule has 0 heterocycles. The molecule has 2 rings (SSSR count). The summed E-state index contributed by atoms with van der Waals surface area (Å²) in [5.41, 5.74) is 0. The number of hydrogen-bond acceptors (Lipinski definition) is 3. The molecule has 0 aliphatic heterocycles. The molecule has 2 fully saturated rings. The second kappa shape index (κ2) is 5.85. The van der Waals surface area contributed by atoms with Gasteiger partial charge in [-0.25, -0.2) is 0 Å². The smallest absolute Gasteiger partial charge is 0.306 e. The number of fused-ring (bicyclic) bond motifs is 1. The molecule has 102 valence electrons. The third kappa shape index (κ3) is 2.76. The van der Waals surface area contributed by atoms with Gasteiger partial charge in [-0.3, -0.25) is 9.59 Å². The Morgan fingerprint density at radius 1 is 1.22 bits per heavy atom. The summed E-state index contributed by atoms with van der Waals surface area (Å²) in [5.74, 6) is 1.73. The molecule has 0 aromatic carbocycles. The minimum atomic E-state index is -0.125. The highest BCUT2D eigenvalue weighted by molar-refractivity contribution is 5.80. The van der Waals surface area contributed by atoms with E-state index >= 15 is 0 Å². The van der Waals surface area contributed by atoms with Crippen molar-refractivity contribution in [1.82, 2.24) is 0 Å². The monoisotopic (exact) mass is 252 g/mol. The first kappa shape index (κ1) is 13.6. The molecule has 0 aromatic rings. The van der Waals surface area contributed by atoms with Gasteiger partial charge in [-0.05, 0) is 44.4 Å². The van der Waals surface area contributed by atoms with Crippen molar-refractivity contribution in [1.29, 1.82) is 0 Å². The molecule has 2 aliphatic carbocycles. The summed E-state index contributed by atoms with van der Waals surface area (Å²) in [6.45, 7) is 3.95. The van der Waals surface area contributed by atoms with Gasteiger partial charge in [0.2, 0.25) is 0 Å². The topological polar surface area (TPSA) is 43.4 Å². The van der Waals surface area contributed by atoms with Gasteiger partial charge in [-0.15, -0.1) is 0 Å². The maximum atomic E-state index is 11.8. The third-order valence-corrected chi connectivity index (χ3v) is 4.82. The number of carbonyl (C=O) groups excluding carboxylic acids is 2. The van der Waals surface area contributed by atoms with Crippen molar-refractivity contribution in [3.8, 4) is 0 Å². The number of ether oxygens (including phenoxy) is 1. The van der Waals surface area contributed by atoms with Gasteiger partial charge in [0, 0.05) is 12.3 Å². The Morgan fingerprint density at radius 3 is 2.61 bits per heavy atom. The van der Waals surface area contributed by atoms with Crippen LogP contribution < -0.4 is 0 Å². The average Bonchev–Trinajstić information content (AvgIpc) is 2.69. The summed E-state index contributed by atoms with van der Waals surface area (Å²) in [6, 6.07) is 0. The van der Waals surface area contributed by atoms with Crippen molar-refractivity contribution >= 4 is 11.8 Å². The van der Waals surface area contributed by atoms with Crippen LogP contribution in [0.1, 0.15) is 52.4 Å². The van der Waals surface area contributed by atoms with Gasteiger partial charge in [-0.2, -0.15) is 0 Å². The van der Waals surface area contributed by atoms with Gasteiger partial charge in [0.1, 0.15) is 5.78 Å². The summed E-state index contributed by atoms with van der Waals surface area (Å²) in [5, 5.41) is 0. The molecule has 4 atom stereocenters. The average molecular weight is 252 g/mol. The fourth-order valence-electron chi connectivity index (χ4n) is 4.07. The van der Waals surface area contributed by atoms with Gasteiger partial charge in [0.25, 0.3) is 0 Å². The van der Waals surface area contributed by atoms with E-state index in [2.05, 4.69) is 0 Å². The normalized spacial score (nSPS) is 35.0. The zero-order chi connectivity index (χ0) is 13.1. The second-order valence-electron chi connectivity index (χ2n) is 5.83. The van der Waals surface area contributed by atoms with Crippen LogP contribution in [0, 0.1) is 23.7 Å². The van der Waals surface area contributed by atoms with Crippen LogP contribution >= 0.6 is 0 Å². The molecule has 0 bridgehead atoms. The summed E-state index contributed by atoms with van der Waals surface area (Å²) in [4.78, 5) is 23.5. The van der Waals surface area contributed by atoms with Crippen molar-refractivity contribution in [2.45, 2.75) is 52.4 Å². The molecule has 18 heavy (non-hydrogen) atoms. The van der Waals surface area contributed by atoms with Crippen molar-refractivity contribution in [2.75, 3.05) is 6.61 Å². The zero-order valence-electron chi connectivity index (χ0n) is 11.5. The van der Waals surface area contributed by atoms with Crippen LogP contribution in [0.15, 0.2) is 0 Å². The van der Waals surface area contributed by atoms with Crippen molar-refractivity contribution < 1.29 is 14.3 Å². The highest BCUT2D eigenvalue weighted by Gasteiger charge is 2.46. The van der Waals surface area contributed by atoms with E-state index in [-0.39, 0.29) is 23.6 Å². The van der Waals surface area contributed by atoms with Crippen molar-refractivity contribution in [3.05, 3.63) is 0 Å². The van der Waals surface area contributed by atoms with E-state index < -0.39 is 0 Å². The highest BCUT2D eigenvalue weighted by Crippen LogP contribution is 2.50. The van der Waals surface area contributed by atoms with E-state index in [9.17, 15) is 9.59 Å². The molecule has 0 amide bonds. The number of ketones is 1. The minimum absolute atomic E-state index is 0.0995. The van der Waals surface area contributed by atoms with Crippen LogP contribution in [0.2, 0.25) is 0 Å². The minimum Gasteiger partial charge on any atom is -0.466 e. The lowest BCUT2D eigenvalue weighted by molar-refractivity contribution is -0.145. The van der Waals surface area contributed by atoms with Crippen molar-refractivity contribution in [2.24, 2.45) is 23.7 Å². The number of carbonyl (C=O) groups is 2. The molecular formula is C15H24O3. The van der Waals surface area contributed by atoms with Crippen LogP contribution in [0.4, 0.5) is 0 Å². The van der Waals surface area contributed by atoms with Crippen LogP contribution in [-0.2, 0) is 14.3 Å². The van der Waals surface area contributed by atoms with Gasteiger partial charge in [0.15, 0.2) is 0 Å². The van der Waals surface area contributed by atoms with E-state index in [4.69, 9.17) is 4.74 Å². The van der Waals surface area contributed by atoms with Gasteiger partial charge >= 0.3 is 5.97 Å². The van der Waals surface area contributed by atoms with Crippen LogP contribution in [-0.4, -0.2) is 18.4 Å². The predicted molar refractivity (Wildman–Crippen MR) is 69.0 cm³/mol. The van der Waals surface area contributed by atoms with E-state index in [1.165, 1.54) is 25.7 Å². The molecule has 2 saturated carbocycles. The maximum Gasteiger partial charge on any atom is 0.306 e.